The van der Waals surface area contributed by atoms with Gasteiger partial charge in [-0.3, -0.25) is 14.4 Å². The van der Waals surface area contributed by atoms with Gasteiger partial charge in [0.2, 0.25) is 11.8 Å². The number of nitrogens with zero attached hydrogens (tertiary/aromatic N) is 3. The summed E-state index contributed by atoms with van der Waals surface area (Å²) < 4.78 is 5.03. The number of rotatable bonds is 12. The fourth-order valence-electron chi connectivity index (χ4n) is 5.30. The maximum Gasteiger partial charge on any atom is 0.250 e. The number of benzene rings is 1. The largest absolute Gasteiger partial charge is 0.385 e. The molecular weight excluding hydrogens is 444 g/mol. The predicted octanol–water partition coefficient (Wildman–Crippen LogP) is 3.02. The Morgan fingerprint density at radius 1 is 1.11 bits per heavy atom. The van der Waals surface area contributed by atoms with Crippen LogP contribution >= 0.6 is 0 Å². The first-order valence-corrected chi connectivity index (χ1v) is 13.1. The number of piperidine rings is 1. The third kappa shape index (κ3) is 6.34. The minimum Gasteiger partial charge on any atom is -0.385 e. The highest BCUT2D eigenvalue weighted by molar-refractivity contribution is 5.96. The van der Waals surface area contributed by atoms with Crippen LogP contribution in [0.1, 0.15) is 58.8 Å². The van der Waals surface area contributed by atoms with Gasteiger partial charge in [-0.1, -0.05) is 44.9 Å². The lowest BCUT2D eigenvalue weighted by atomic mass is 9.84. The molecule has 2 saturated heterocycles. The van der Waals surface area contributed by atoms with Gasteiger partial charge in [0.05, 0.1) is 6.67 Å². The highest BCUT2D eigenvalue weighted by Crippen LogP contribution is 2.39. The zero-order chi connectivity index (χ0) is 25.3. The first kappa shape index (κ1) is 27.0. The standard InChI is InChI=1S/C27H42N4O4/c1-4-6-11-22(5-2)25(33)29-17-14-27(15-18-29)26(34)30(20-24(32)28-16-10-19-35-3)21-31(27)23-12-8-7-9-13-23/h7-9,12-13,22H,4-6,10-11,14-21H2,1-3H3,(H,28,32). The third-order valence-corrected chi connectivity index (χ3v) is 7.41. The number of hydrogen-bond donors (Lipinski definition) is 1. The number of anilines is 1. The van der Waals surface area contributed by atoms with Crippen LogP contribution in [0.4, 0.5) is 5.69 Å². The Hall–Kier alpha value is -2.61. The summed E-state index contributed by atoms with van der Waals surface area (Å²) in [5.41, 5.74) is 0.248. The molecule has 2 aliphatic heterocycles. The summed E-state index contributed by atoms with van der Waals surface area (Å²) in [7, 11) is 1.63. The Bertz CT molecular complexity index is 839. The number of unbranched alkanes of at least 4 members (excludes halogenated alkanes) is 1. The second-order valence-corrected chi connectivity index (χ2v) is 9.71. The van der Waals surface area contributed by atoms with Crippen LogP contribution in [0.3, 0.4) is 0 Å². The van der Waals surface area contributed by atoms with Crippen molar-refractivity contribution in [3.63, 3.8) is 0 Å². The summed E-state index contributed by atoms with van der Waals surface area (Å²) in [6.45, 7) is 6.87. The molecule has 1 N–H and O–H groups in total. The molecule has 1 spiro atoms. The van der Waals surface area contributed by atoms with E-state index in [0.717, 1.165) is 37.8 Å². The monoisotopic (exact) mass is 486 g/mol. The molecule has 8 heteroatoms. The van der Waals surface area contributed by atoms with Crippen molar-refractivity contribution in [1.82, 2.24) is 15.1 Å². The first-order valence-electron chi connectivity index (χ1n) is 13.1. The summed E-state index contributed by atoms with van der Waals surface area (Å²) in [6.07, 6.45) is 5.80. The van der Waals surface area contributed by atoms with E-state index < -0.39 is 5.54 Å². The van der Waals surface area contributed by atoms with Gasteiger partial charge in [0.1, 0.15) is 12.1 Å². The topological polar surface area (TPSA) is 82.2 Å². The molecule has 1 aromatic carbocycles. The second kappa shape index (κ2) is 12.9. The maximum atomic E-state index is 13.8. The summed E-state index contributed by atoms with van der Waals surface area (Å²) in [5.74, 6) is 0.110. The number of methoxy groups -OCH3 is 1. The molecular formula is C27H42N4O4. The summed E-state index contributed by atoms with van der Waals surface area (Å²) in [6, 6.07) is 9.92. The fourth-order valence-corrected chi connectivity index (χ4v) is 5.30. The Morgan fingerprint density at radius 2 is 1.83 bits per heavy atom. The molecule has 2 heterocycles. The maximum absolute atomic E-state index is 13.8. The zero-order valence-corrected chi connectivity index (χ0v) is 21.6. The van der Waals surface area contributed by atoms with Gasteiger partial charge in [-0.25, -0.2) is 0 Å². The van der Waals surface area contributed by atoms with Gasteiger partial charge in [-0.2, -0.15) is 0 Å². The molecule has 3 amide bonds. The summed E-state index contributed by atoms with van der Waals surface area (Å²) in [5, 5.41) is 2.88. The number of carbonyl (C=O) groups is 3. The van der Waals surface area contributed by atoms with Crippen molar-refractivity contribution in [3.05, 3.63) is 30.3 Å². The number of likely N-dealkylation sites (tertiary alicyclic amines) is 1. The van der Waals surface area contributed by atoms with Crippen LogP contribution in [0.2, 0.25) is 0 Å². The Balaban J connectivity index is 1.71. The number of carbonyl (C=O) groups excluding carboxylic acids is 3. The van der Waals surface area contributed by atoms with E-state index in [1.807, 2.05) is 35.2 Å². The molecule has 0 radical (unpaired) electrons. The van der Waals surface area contributed by atoms with Gasteiger partial charge in [0.15, 0.2) is 0 Å². The average Bonchev–Trinajstić information content (AvgIpc) is 3.14. The molecule has 2 aliphatic rings. The van der Waals surface area contributed by atoms with Crippen LogP contribution in [0.5, 0.6) is 0 Å². The zero-order valence-electron chi connectivity index (χ0n) is 21.6. The van der Waals surface area contributed by atoms with Crippen LogP contribution < -0.4 is 10.2 Å². The SMILES string of the molecule is CCCCC(CC)C(=O)N1CCC2(CC1)C(=O)N(CC(=O)NCCCOC)CN2c1ccccc1. The predicted molar refractivity (Wildman–Crippen MR) is 137 cm³/mol. The Kier molecular flexibility index (Phi) is 9.95. The number of nitrogens with one attached hydrogen (secondary N) is 1. The molecule has 194 valence electrons. The normalized spacial score (nSPS) is 18.3. The van der Waals surface area contributed by atoms with Gasteiger partial charge < -0.3 is 24.8 Å². The van der Waals surface area contributed by atoms with Crippen LogP contribution in [-0.4, -0.2) is 79.6 Å². The third-order valence-electron chi connectivity index (χ3n) is 7.41. The quantitative estimate of drug-likeness (QED) is 0.459. The smallest absolute Gasteiger partial charge is 0.250 e. The van der Waals surface area contributed by atoms with Gasteiger partial charge in [0.25, 0.3) is 5.91 Å². The lowest BCUT2D eigenvalue weighted by Crippen LogP contribution is -2.58. The minimum atomic E-state index is -0.723. The van der Waals surface area contributed by atoms with Gasteiger partial charge >= 0.3 is 0 Å². The van der Waals surface area contributed by atoms with E-state index in [2.05, 4.69) is 24.1 Å². The van der Waals surface area contributed by atoms with Crippen molar-refractivity contribution in [1.29, 1.82) is 0 Å². The molecule has 1 atom stereocenters. The van der Waals surface area contributed by atoms with Crippen molar-refractivity contribution in [2.24, 2.45) is 5.92 Å². The van der Waals surface area contributed by atoms with E-state index in [9.17, 15) is 14.4 Å². The van der Waals surface area contributed by atoms with E-state index >= 15 is 0 Å². The number of ether oxygens (including phenoxy) is 1. The molecule has 1 unspecified atom stereocenters. The van der Waals surface area contributed by atoms with E-state index in [-0.39, 0.29) is 30.2 Å². The fraction of sp³-hybridized carbons (Fsp3) is 0.667. The van der Waals surface area contributed by atoms with Crippen molar-refractivity contribution in [2.45, 2.75) is 64.3 Å². The lowest BCUT2D eigenvalue weighted by Gasteiger charge is -2.44. The lowest BCUT2D eigenvalue weighted by molar-refractivity contribution is -0.142. The van der Waals surface area contributed by atoms with Crippen molar-refractivity contribution in [2.75, 3.05) is 51.5 Å². The van der Waals surface area contributed by atoms with Gasteiger partial charge in [-0.15, -0.1) is 0 Å². The molecule has 2 fully saturated rings. The number of amides is 3. The summed E-state index contributed by atoms with van der Waals surface area (Å²) in [4.78, 5) is 45.2. The minimum absolute atomic E-state index is 0.0153. The van der Waals surface area contributed by atoms with Crippen LogP contribution in [0.25, 0.3) is 0 Å². The first-order chi connectivity index (χ1) is 17.0. The van der Waals surface area contributed by atoms with Gasteiger partial charge in [0, 0.05) is 45.0 Å². The van der Waals surface area contributed by atoms with Crippen LogP contribution in [-0.2, 0) is 19.1 Å². The van der Waals surface area contributed by atoms with Gasteiger partial charge in [-0.05, 0) is 44.2 Å². The highest BCUT2D eigenvalue weighted by Gasteiger charge is 2.54. The van der Waals surface area contributed by atoms with E-state index in [0.29, 0.717) is 45.8 Å². The second-order valence-electron chi connectivity index (χ2n) is 9.71. The Morgan fingerprint density at radius 3 is 2.46 bits per heavy atom. The van der Waals surface area contributed by atoms with E-state index in [1.54, 1.807) is 12.0 Å². The highest BCUT2D eigenvalue weighted by atomic mass is 16.5. The molecule has 0 bridgehead atoms. The van der Waals surface area contributed by atoms with Crippen molar-refractivity contribution >= 4 is 23.4 Å². The molecule has 0 saturated carbocycles. The number of para-hydroxylation sites is 1. The summed E-state index contributed by atoms with van der Waals surface area (Å²) >= 11 is 0. The molecule has 0 aromatic heterocycles. The number of hydrogen-bond acceptors (Lipinski definition) is 5. The molecule has 3 rings (SSSR count). The van der Waals surface area contributed by atoms with E-state index in [1.165, 1.54) is 0 Å². The molecule has 0 aliphatic carbocycles. The van der Waals surface area contributed by atoms with Crippen molar-refractivity contribution in [3.8, 4) is 0 Å². The Labute approximate surface area is 210 Å². The van der Waals surface area contributed by atoms with Crippen LogP contribution in [0.15, 0.2) is 30.3 Å². The van der Waals surface area contributed by atoms with Crippen LogP contribution in [0, 0.1) is 5.92 Å². The van der Waals surface area contributed by atoms with E-state index in [4.69, 9.17) is 4.74 Å². The molecule has 35 heavy (non-hydrogen) atoms. The average molecular weight is 487 g/mol. The molecule has 1 aromatic rings. The molecule has 8 nitrogen and oxygen atoms in total. The van der Waals surface area contributed by atoms with Crippen molar-refractivity contribution < 1.29 is 19.1 Å².